The second-order valence-electron chi connectivity index (χ2n) is 5.37. The molecule has 0 aliphatic heterocycles. The number of nitrogens with zero attached hydrogens (tertiary/aromatic N) is 2. The van der Waals surface area contributed by atoms with Gasteiger partial charge in [-0.25, -0.2) is 0 Å². The summed E-state index contributed by atoms with van der Waals surface area (Å²) in [5.74, 6) is 0.271. The molecule has 1 aromatic carbocycles. The lowest BCUT2D eigenvalue weighted by Crippen LogP contribution is -2.13. The van der Waals surface area contributed by atoms with Crippen molar-refractivity contribution in [2.24, 2.45) is 7.05 Å². The van der Waals surface area contributed by atoms with Crippen molar-refractivity contribution in [1.82, 2.24) is 14.8 Å². The number of nitrogens with one attached hydrogen (secondary N) is 1. The average Bonchev–Trinajstić information content (AvgIpc) is 3.07. The van der Waals surface area contributed by atoms with Gasteiger partial charge in [0, 0.05) is 36.1 Å². The number of hydrogen-bond donors (Lipinski definition) is 1. The van der Waals surface area contributed by atoms with Gasteiger partial charge in [0.2, 0.25) is 0 Å². The summed E-state index contributed by atoms with van der Waals surface area (Å²) in [6.45, 7) is 0. The van der Waals surface area contributed by atoms with Gasteiger partial charge in [-0.3, -0.25) is 9.89 Å². The van der Waals surface area contributed by atoms with Crippen LogP contribution >= 0.6 is 0 Å². The molecule has 1 aliphatic rings. The molecule has 4 nitrogen and oxygen atoms in total. The number of hydrogen-bond acceptors (Lipinski definition) is 2. The molecule has 3 aromatic rings. The Kier molecular flexibility index (Phi) is 2.33. The maximum atomic E-state index is 12.2. The summed E-state index contributed by atoms with van der Waals surface area (Å²) in [6, 6.07) is 8.30. The van der Waals surface area contributed by atoms with Crippen molar-refractivity contribution in [2.75, 3.05) is 0 Å². The van der Waals surface area contributed by atoms with Crippen LogP contribution in [0.1, 0.15) is 28.9 Å². The molecule has 1 aliphatic carbocycles. The zero-order valence-electron chi connectivity index (χ0n) is 11.3. The van der Waals surface area contributed by atoms with Crippen LogP contribution in [0, 0.1) is 0 Å². The Morgan fingerprint density at radius 3 is 2.95 bits per heavy atom. The quantitative estimate of drug-likeness (QED) is 0.735. The Bertz CT molecular complexity index is 812. The molecule has 4 heteroatoms. The highest BCUT2D eigenvalue weighted by atomic mass is 16.1. The van der Waals surface area contributed by atoms with Crippen LogP contribution in [0.15, 0.2) is 30.5 Å². The monoisotopic (exact) mass is 265 g/mol. The number of carbonyl (C=O) groups is 1. The van der Waals surface area contributed by atoms with E-state index in [2.05, 4.69) is 28.4 Å². The smallest absolute Gasteiger partial charge is 0.179 e. The van der Waals surface area contributed by atoms with E-state index in [0.29, 0.717) is 6.42 Å². The zero-order valence-corrected chi connectivity index (χ0v) is 11.3. The number of fused-ring (bicyclic) bond motifs is 3. The Morgan fingerprint density at radius 2 is 2.15 bits per heavy atom. The fourth-order valence-electron chi connectivity index (χ4n) is 3.26. The number of H-pyrrole nitrogens is 1. The lowest BCUT2D eigenvalue weighted by atomic mass is 9.94. The minimum absolute atomic E-state index is 0.271. The van der Waals surface area contributed by atoms with E-state index in [1.807, 2.05) is 17.7 Å². The van der Waals surface area contributed by atoms with E-state index < -0.39 is 0 Å². The van der Waals surface area contributed by atoms with Crippen LogP contribution < -0.4 is 0 Å². The van der Waals surface area contributed by atoms with Gasteiger partial charge in [0.25, 0.3) is 0 Å². The number of rotatable bonds is 1. The first kappa shape index (κ1) is 11.5. The highest BCUT2D eigenvalue weighted by Crippen LogP contribution is 2.33. The van der Waals surface area contributed by atoms with Gasteiger partial charge in [-0.1, -0.05) is 6.07 Å². The molecule has 0 saturated carbocycles. The zero-order chi connectivity index (χ0) is 13.7. The number of benzene rings is 1. The van der Waals surface area contributed by atoms with E-state index in [4.69, 9.17) is 0 Å². The molecule has 4 rings (SSSR count). The van der Waals surface area contributed by atoms with Crippen LogP contribution in [0.5, 0.6) is 0 Å². The summed E-state index contributed by atoms with van der Waals surface area (Å²) < 4.78 is 2.04. The number of carbonyl (C=O) groups excluding carboxylic acids is 1. The predicted molar refractivity (Wildman–Crippen MR) is 77.8 cm³/mol. The third-order valence-electron chi connectivity index (χ3n) is 4.21. The van der Waals surface area contributed by atoms with Crippen molar-refractivity contribution in [3.63, 3.8) is 0 Å². The summed E-state index contributed by atoms with van der Waals surface area (Å²) in [5.41, 5.74) is 5.36. The minimum atomic E-state index is 0.271. The Hall–Kier alpha value is -2.36. The molecule has 0 bridgehead atoms. The normalized spacial score (nSPS) is 14.8. The predicted octanol–water partition coefficient (Wildman–Crippen LogP) is 3.09. The van der Waals surface area contributed by atoms with Gasteiger partial charge in [0.1, 0.15) is 0 Å². The van der Waals surface area contributed by atoms with Crippen molar-refractivity contribution >= 4 is 16.7 Å². The summed E-state index contributed by atoms with van der Waals surface area (Å²) in [7, 11) is 1.99. The molecule has 0 unspecified atom stereocenters. The summed E-state index contributed by atoms with van der Waals surface area (Å²) in [6.07, 6.45) is 4.37. The molecule has 100 valence electrons. The first-order chi connectivity index (χ1) is 9.75. The molecular weight excluding hydrogens is 250 g/mol. The molecule has 0 spiro atoms. The largest absolute Gasteiger partial charge is 0.341 e. The van der Waals surface area contributed by atoms with E-state index in [9.17, 15) is 4.79 Å². The van der Waals surface area contributed by atoms with Gasteiger partial charge < -0.3 is 4.57 Å². The van der Waals surface area contributed by atoms with E-state index in [1.165, 1.54) is 10.9 Å². The van der Waals surface area contributed by atoms with Gasteiger partial charge in [-0.15, -0.1) is 0 Å². The number of ketones is 1. The Morgan fingerprint density at radius 1 is 1.25 bits per heavy atom. The maximum absolute atomic E-state index is 12.2. The summed E-state index contributed by atoms with van der Waals surface area (Å²) in [4.78, 5) is 12.2. The maximum Gasteiger partial charge on any atom is 0.179 e. The summed E-state index contributed by atoms with van der Waals surface area (Å²) >= 11 is 0. The van der Waals surface area contributed by atoms with Crippen molar-refractivity contribution in [3.8, 4) is 11.3 Å². The number of aromatic nitrogens is 3. The fraction of sp³-hybridized carbons (Fsp3) is 0.250. The van der Waals surface area contributed by atoms with E-state index in [1.54, 1.807) is 6.20 Å². The molecule has 0 fully saturated rings. The third kappa shape index (κ3) is 1.48. The second kappa shape index (κ2) is 4.07. The SMILES string of the molecule is Cn1c2c(c3cc(-c4ccn[nH]4)ccc31)CCCC2=O. The third-order valence-corrected chi connectivity index (χ3v) is 4.21. The van der Waals surface area contributed by atoms with Gasteiger partial charge in [-0.05, 0) is 36.6 Å². The first-order valence-electron chi connectivity index (χ1n) is 6.90. The number of aryl methyl sites for hydroxylation is 2. The number of Topliss-reactive ketones (excluding diaryl/α,β-unsaturated/α-hetero) is 1. The molecular formula is C16H15N3O. The lowest BCUT2D eigenvalue weighted by molar-refractivity contribution is 0.0965. The molecule has 2 aromatic heterocycles. The van der Waals surface area contributed by atoms with Crippen molar-refractivity contribution in [2.45, 2.75) is 19.3 Å². The molecule has 0 atom stereocenters. The van der Waals surface area contributed by atoms with Crippen LogP contribution in [-0.2, 0) is 13.5 Å². The second-order valence-corrected chi connectivity index (χ2v) is 5.37. The Labute approximate surface area is 116 Å². The van der Waals surface area contributed by atoms with Crippen molar-refractivity contribution < 1.29 is 4.79 Å². The molecule has 0 radical (unpaired) electrons. The fourth-order valence-corrected chi connectivity index (χ4v) is 3.26. The summed E-state index contributed by atoms with van der Waals surface area (Å²) in [5, 5.41) is 8.19. The first-order valence-corrected chi connectivity index (χ1v) is 6.90. The highest BCUT2D eigenvalue weighted by molar-refractivity contribution is 6.04. The average molecular weight is 265 g/mol. The molecule has 2 heterocycles. The van der Waals surface area contributed by atoms with Crippen LogP contribution in [0.4, 0.5) is 0 Å². The molecule has 1 N–H and O–H groups in total. The van der Waals surface area contributed by atoms with Crippen LogP contribution in [-0.4, -0.2) is 20.5 Å². The Balaban J connectivity index is 2.01. The highest BCUT2D eigenvalue weighted by Gasteiger charge is 2.24. The van der Waals surface area contributed by atoms with Crippen LogP contribution in [0.3, 0.4) is 0 Å². The van der Waals surface area contributed by atoms with Crippen LogP contribution in [0.2, 0.25) is 0 Å². The molecule has 0 saturated heterocycles. The minimum Gasteiger partial charge on any atom is -0.341 e. The topological polar surface area (TPSA) is 50.7 Å². The molecule has 0 amide bonds. The lowest BCUT2D eigenvalue weighted by Gasteiger charge is -2.11. The van der Waals surface area contributed by atoms with E-state index >= 15 is 0 Å². The standard InChI is InChI=1S/C16H15N3O/c1-19-14-6-5-10(13-7-8-17-18-13)9-12(14)11-3-2-4-15(20)16(11)19/h5-9H,2-4H2,1H3,(H,17,18). The van der Waals surface area contributed by atoms with Gasteiger partial charge in [-0.2, -0.15) is 5.10 Å². The molecule has 20 heavy (non-hydrogen) atoms. The van der Waals surface area contributed by atoms with E-state index in [-0.39, 0.29) is 5.78 Å². The van der Waals surface area contributed by atoms with Gasteiger partial charge in [0.05, 0.1) is 11.4 Å². The van der Waals surface area contributed by atoms with Crippen molar-refractivity contribution in [3.05, 3.63) is 41.7 Å². The van der Waals surface area contributed by atoms with Gasteiger partial charge >= 0.3 is 0 Å². The van der Waals surface area contributed by atoms with Crippen LogP contribution in [0.25, 0.3) is 22.2 Å². The van der Waals surface area contributed by atoms with Crippen molar-refractivity contribution in [1.29, 1.82) is 0 Å². The van der Waals surface area contributed by atoms with Gasteiger partial charge in [0.15, 0.2) is 5.78 Å². The van der Waals surface area contributed by atoms with E-state index in [0.717, 1.165) is 35.3 Å². The number of aromatic amines is 1.